The van der Waals surface area contributed by atoms with Crippen molar-refractivity contribution in [3.63, 3.8) is 0 Å². The van der Waals surface area contributed by atoms with Crippen molar-refractivity contribution in [1.29, 1.82) is 0 Å². The lowest BCUT2D eigenvalue weighted by molar-refractivity contribution is 0.906. The SMILES string of the molecule is C=C/C=C(/C)CCC.CC.CC. The van der Waals surface area contributed by atoms with Crippen LogP contribution in [0.1, 0.15) is 54.4 Å². The van der Waals surface area contributed by atoms with Crippen LogP contribution in [0.2, 0.25) is 0 Å². The minimum Gasteiger partial charge on any atom is -0.0991 e. The first-order valence-electron chi connectivity index (χ1n) is 5.09. The van der Waals surface area contributed by atoms with E-state index in [1.165, 1.54) is 18.4 Å². The first-order chi connectivity index (χ1) is 5.81. The van der Waals surface area contributed by atoms with Gasteiger partial charge in [-0.05, 0) is 13.3 Å². The standard InChI is InChI=1S/C8H14.2C2H6/c1-4-6-8(3)7-5-2;2*1-2/h4,6H,1,5,7H2,2-3H3;2*1-2H3/b8-6-;;. The van der Waals surface area contributed by atoms with Crippen molar-refractivity contribution in [2.75, 3.05) is 0 Å². The summed E-state index contributed by atoms with van der Waals surface area (Å²) in [6.07, 6.45) is 6.33. The molecule has 0 atom stereocenters. The van der Waals surface area contributed by atoms with Gasteiger partial charge in [-0.2, -0.15) is 0 Å². The summed E-state index contributed by atoms with van der Waals surface area (Å²) in [4.78, 5) is 0. The van der Waals surface area contributed by atoms with Gasteiger partial charge in [0.15, 0.2) is 0 Å². The Morgan fingerprint density at radius 1 is 1.17 bits per heavy atom. The van der Waals surface area contributed by atoms with Crippen molar-refractivity contribution in [3.05, 3.63) is 24.3 Å². The van der Waals surface area contributed by atoms with E-state index in [1.807, 2.05) is 33.8 Å². The fourth-order valence-corrected chi connectivity index (χ4v) is 0.679. The summed E-state index contributed by atoms with van der Waals surface area (Å²) >= 11 is 0. The molecule has 0 aromatic heterocycles. The zero-order chi connectivity index (χ0) is 10.4. The number of rotatable bonds is 3. The van der Waals surface area contributed by atoms with E-state index in [0.29, 0.717) is 0 Å². The van der Waals surface area contributed by atoms with Crippen molar-refractivity contribution < 1.29 is 0 Å². The van der Waals surface area contributed by atoms with E-state index in [9.17, 15) is 0 Å². The van der Waals surface area contributed by atoms with Gasteiger partial charge < -0.3 is 0 Å². The molecular formula is C12H26. The lowest BCUT2D eigenvalue weighted by Gasteiger charge is -1.91. The molecule has 0 aliphatic heterocycles. The van der Waals surface area contributed by atoms with Crippen LogP contribution in [0.3, 0.4) is 0 Å². The first-order valence-corrected chi connectivity index (χ1v) is 5.09. The Hall–Kier alpha value is -0.520. The fourth-order valence-electron chi connectivity index (χ4n) is 0.679. The number of hydrogen-bond donors (Lipinski definition) is 0. The summed E-state index contributed by atoms with van der Waals surface area (Å²) in [5.74, 6) is 0. The van der Waals surface area contributed by atoms with Crippen LogP contribution < -0.4 is 0 Å². The van der Waals surface area contributed by atoms with Gasteiger partial charge in [-0.15, -0.1) is 0 Å². The maximum atomic E-state index is 3.61. The van der Waals surface area contributed by atoms with Crippen molar-refractivity contribution >= 4 is 0 Å². The van der Waals surface area contributed by atoms with Crippen molar-refractivity contribution in [2.45, 2.75) is 54.4 Å². The van der Waals surface area contributed by atoms with E-state index >= 15 is 0 Å². The highest BCUT2D eigenvalue weighted by molar-refractivity contribution is 5.07. The predicted octanol–water partition coefficient (Wildman–Crippen LogP) is 4.97. The number of hydrogen-bond acceptors (Lipinski definition) is 0. The second kappa shape index (κ2) is 22.4. The minimum atomic E-state index is 1.20. The molecule has 0 aliphatic carbocycles. The van der Waals surface area contributed by atoms with Crippen molar-refractivity contribution in [2.24, 2.45) is 0 Å². The Kier molecular flexibility index (Phi) is 32.8. The van der Waals surface area contributed by atoms with Gasteiger partial charge in [-0.25, -0.2) is 0 Å². The average molecular weight is 170 g/mol. The van der Waals surface area contributed by atoms with Crippen LogP contribution in [-0.4, -0.2) is 0 Å². The van der Waals surface area contributed by atoms with Gasteiger partial charge >= 0.3 is 0 Å². The van der Waals surface area contributed by atoms with Crippen molar-refractivity contribution in [3.8, 4) is 0 Å². The molecule has 74 valence electrons. The highest BCUT2D eigenvalue weighted by Gasteiger charge is 1.80. The van der Waals surface area contributed by atoms with Crippen LogP contribution >= 0.6 is 0 Å². The largest absolute Gasteiger partial charge is 0.0991 e. The molecule has 0 saturated carbocycles. The lowest BCUT2D eigenvalue weighted by atomic mass is 10.2. The van der Waals surface area contributed by atoms with Crippen LogP contribution in [0, 0.1) is 0 Å². The molecular weight excluding hydrogens is 144 g/mol. The molecule has 0 fully saturated rings. The number of allylic oxidation sites excluding steroid dienone is 3. The predicted molar refractivity (Wildman–Crippen MR) is 61.6 cm³/mol. The molecule has 0 nitrogen and oxygen atoms in total. The molecule has 0 spiro atoms. The third kappa shape index (κ3) is 22.7. The molecule has 12 heavy (non-hydrogen) atoms. The summed E-state index contributed by atoms with van der Waals surface area (Å²) in [5, 5.41) is 0. The Labute approximate surface area is 79.4 Å². The second-order valence-corrected chi connectivity index (χ2v) is 2.00. The maximum absolute atomic E-state index is 3.61. The topological polar surface area (TPSA) is 0 Å². The van der Waals surface area contributed by atoms with Gasteiger partial charge in [-0.3, -0.25) is 0 Å². The van der Waals surface area contributed by atoms with E-state index < -0.39 is 0 Å². The fraction of sp³-hybridized carbons (Fsp3) is 0.667. The molecule has 0 heteroatoms. The van der Waals surface area contributed by atoms with Gasteiger partial charge in [0, 0.05) is 0 Å². The molecule has 0 N–H and O–H groups in total. The van der Waals surface area contributed by atoms with E-state index in [0.717, 1.165) is 0 Å². The van der Waals surface area contributed by atoms with E-state index in [4.69, 9.17) is 0 Å². The third-order valence-electron chi connectivity index (χ3n) is 1.05. The summed E-state index contributed by atoms with van der Waals surface area (Å²) in [7, 11) is 0. The Bertz CT molecular complexity index is 88.2. The molecule has 0 aromatic rings. The smallest absolute Gasteiger partial charge is 0.0323 e. The van der Waals surface area contributed by atoms with Gasteiger partial charge in [0.1, 0.15) is 0 Å². The van der Waals surface area contributed by atoms with Gasteiger partial charge in [0.05, 0.1) is 0 Å². The maximum Gasteiger partial charge on any atom is -0.0323 e. The van der Waals surface area contributed by atoms with Gasteiger partial charge in [0.25, 0.3) is 0 Å². The Morgan fingerprint density at radius 2 is 1.58 bits per heavy atom. The minimum absolute atomic E-state index is 1.20. The van der Waals surface area contributed by atoms with Crippen LogP contribution in [0.25, 0.3) is 0 Å². The van der Waals surface area contributed by atoms with E-state index in [2.05, 4.69) is 26.5 Å². The highest BCUT2D eigenvalue weighted by atomic mass is 13.9. The van der Waals surface area contributed by atoms with Gasteiger partial charge in [-0.1, -0.05) is 65.3 Å². The van der Waals surface area contributed by atoms with Crippen LogP contribution in [-0.2, 0) is 0 Å². The molecule has 0 saturated heterocycles. The second-order valence-electron chi connectivity index (χ2n) is 2.00. The van der Waals surface area contributed by atoms with E-state index in [-0.39, 0.29) is 0 Å². The molecule has 0 heterocycles. The zero-order valence-corrected chi connectivity index (χ0v) is 9.78. The van der Waals surface area contributed by atoms with E-state index in [1.54, 1.807) is 0 Å². The molecule has 0 aromatic carbocycles. The average Bonchev–Trinajstić information content (AvgIpc) is 2.12. The summed E-state index contributed by atoms with van der Waals surface area (Å²) in [6, 6.07) is 0. The molecule has 0 rings (SSSR count). The van der Waals surface area contributed by atoms with Crippen molar-refractivity contribution in [1.82, 2.24) is 0 Å². The summed E-state index contributed by atoms with van der Waals surface area (Å²) in [5.41, 5.74) is 1.42. The Morgan fingerprint density at radius 3 is 1.83 bits per heavy atom. The molecule has 0 aliphatic rings. The zero-order valence-electron chi connectivity index (χ0n) is 9.78. The van der Waals surface area contributed by atoms with Crippen LogP contribution in [0.4, 0.5) is 0 Å². The molecule has 0 bridgehead atoms. The quantitative estimate of drug-likeness (QED) is 0.524. The van der Waals surface area contributed by atoms with Crippen LogP contribution in [0.5, 0.6) is 0 Å². The van der Waals surface area contributed by atoms with Crippen LogP contribution in [0.15, 0.2) is 24.3 Å². The normalized spacial score (nSPS) is 8.67. The highest BCUT2D eigenvalue weighted by Crippen LogP contribution is 2.01. The molecule has 0 unspecified atom stereocenters. The van der Waals surface area contributed by atoms with Gasteiger partial charge in [0.2, 0.25) is 0 Å². The monoisotopic (exact) mass is 170 g/mol. The Balaban J connectivity index is -0.000000175. The molecule has 0 radical (unpaired) electrons. The molecule has 0 amide bonds. The third-order valence-corrected chi connectivity index (χ3v) is 1.05. The first kappa shape index (κ1) is 17.5. The summed E-state index contributed by atoms with van der Waals surface area (Å²) in [6.45, 7) is 15.9. The summed E-state index contributed by atoms with van der Waals surface area (Å²) < 4.78 is 0. The lowest BCUT2D eigenvalue weighted by Crippen LogP contribution is -1.71.